The topological polar surface area (TPSA) is 116 Å². The number of ether oxygens (including phenoxy) is 1. The molecule has 1 aromatic carbocycles. The number of hydrogen-bond donors (Lipinski definition) is 1. The molecule has 1 aliphatic rings. The summed E-state index contributed by atoms with van der Waals surface area (Å²) in [7, 11) is -2.80. The fraction of sp³-hybridized carbons (Fsp3) is 0.316. The molecule has 12 heteroatoms. The number of hydrazine groups is 1. The van der Waals surface area contributed by atoms with E-state index in [9.17, 15) is 17.2 Å². The third-order valence-corrected chi connectivity index (χ3v) is 6.86. The number of sulfonamides is 1. The Balaban J connectivity index is 1.61. The fourth-order valence-corrected chi connectivity index (χ4v) is 4.88. The largest absolute Gasteiger partial charge is 0.487 e. The third-order valence-electron chi connectivity index (χ3n) is 5.29. The number of aromatic nitrogens is 4. The number of anilines is 1. The minimum absolute atomic E-state index is 0.0318. The number of benzene rings is 1. The van der Waals surface area contributed by atoms with Gasteiger partial charge in [0.05, 0.1) is 0 Å². The number of rotatable bonds is 6. The van der Waals surface area contributed by atoms with Crippen molar-refractivity contribution < 1.29 is 21.9 Å². The van der Waals surface area contributed by atoms with E-state index in [2.05, 4.69) is 15.1 Å². The van der Waals surface area contributed by atoms with Crippen LogP contribution in [0.5, 0.6) is 5.75 Å². The maximum atomic E-state index is 14.8. The highest BCUT2D eigenvalue weighted by Crippen LogP contribution is 2.38. The summed E-state index contributed by atoms with van der Waals surface area (Å²) in [6.45, 7) is 0. The molecule has 2 atom stereocenters. The quantitative estimate of drug-likeness (QED) is 0.452. The summed E-state index contributed by atoms with van der Waals surface area (Å²) in [5.74, 6) is 2.83. The molecule has 1 aliphatic carbocycles. The Labute approximate surface area is 177 Å². The molecule has 0 bridgehead atoms. The van der Waals surface area contributed by atoms with Gasteiger partial charge in [-0.3, -0.25) is 4.68 Å². The first kappa shape index (κ1) is 21.1. The number of aryl methyl sites for hydroxylation is 1. The Morgan fingerprint density at radius 1 is 1.19 bits per heavy atom. The first-order valence-electron chi connectivity index (χ1n) is 9.48. The van der Waals surface area contributed by atoms with E-state index in [1.165, 1.54) is 12.3 Å². The summed E-state index contributed by atoms with van der Waals surface area (Å²) in [4.78, 5) is 6.45. The molecule has 2 N–H and O–H groups in total. The van der Waals surface area contributed by atoms with Gasteiger partial charge in [0.25, 0.3) is 10.0 Å². The first-order chi connectivity index (χ1) is 14.8. The van der Waals surface area contributed by atoms with E-state index in [0.29, 0.717) is 12.5 Å². The molecule has 2 heterocycles. The van der Waals surface area contributed by atoms with Crippen LogP contribution in [-0.4, -0.2) is 34.3 Å². The van der Waals surface area contributed by atoms with Crippen molar-refractivity contribution in [3.05, 3.63) is 60.3 Å². The van der Waals surface area contributed by atoms with Crippen molar-refractivity contribution in [3.63, 3.8) is 0 Å². The van der Waals surface area contributed by atoms with E-state index in [-0.39, 0.29) is 21.9 Å². The van der Waals surface area contributed by atoms with Crippen LogP contribution < -0.4 is 15.0 Å². The van der Waals surface area contributed by atoms with Crippen LogP contribution in [0.1, 0.15) is 30.9 Å². The molecule has 4 rings (SSSR count). The van der Waals surface area contributed by atoms with Crippen LogP contribution in [-0.2, 0) is 17.1 Å². The summed E-state index contributed by atoms with van der Waals surface area (Å²) in [6.07, 6.45) is 5.96. The van der Waals surface area contributed by atoms with E-state index in [0.717, 1.165) is 30.9 Å². The monoisotopic (exact) mass is 450 g/mol. The van der Waals surface area contributed by atoms with E-state index < -0.39 is 32.7 Å². The average molecular weight is 450 g/mol. The van der Waals surface area contributed by atoms with Crippen LogP contribution >= 0.6 is 0 Å². The van der Waals surface area contributed by atoms with Crippen molar-refractivity contribution in [2.75, 3.05) is 4.41 Å². The van der Waals surface area contributed by atoms with Crippen LogP contribution in [0.2, 0.25) is 0 Å². The molecule has 164 valence electrons. The molecule has 0 saturated heterocycles. The summed E-state index contributed by atoms with van der Waals surface area (Å²) in [5.41, 5.74) is 0.936. The second-order valence-electron chi connectivity index (χ2n) is 7.15. The van der Waals surface area contributed by atoms with Crippen molar-refractivity contribution >= 4 is 15.8 Å². The Kier molecular flexibility index (Phi) is 5.58. The normalized spacial score (nSPS) is 18.8. The lowest BCUT2D eigenvalue weighted by molar-refractivity contribution is 0.178. The SMILES string of the molecule is Cn1nccc1C1CCCC1Oc1cc(F)c(S(=O)(=O)N(N)c2ccncn2)cc1F. The van der Waals surface area contributed by atoms with E-state index in [4.69, 9.17) is 10.6 Å². The van der Waals surface area contributed by atoms with E-state index in [1.54, 1.807) is 17.9 Å². The molecule has 2 unspecified atom stereocenters. The van der Waals surface area contributed by atoms with E-state index >= 15 is 0 Å². The molecule has 31 heavy (non-hydrogen) atoms. The van der Waals surface area contributed by atoms with Gasteiger partial charge in [-0.05, 0) is 25.3 Å². The van der Waals surface area contributed by atoms with E-state index in [1.807, 2.05) is 6.07 Å². The van der Waals surface area contributed by atoms with Gasteiger partial charge in [0.1, 0.15) is 23.1 Å². The van der Waals surface area contributed by atoms with Crippen molar-refractivity contribution in [2.24, 2.45) is 12.9 Å². The van der Waals surface area contributed by atoms with Gasteiger partial charge in [-0.25, -0.2) is 24.6 Å². The van der Waals surface area contributed by atoms with Crippen LogP contribution in [0.15, 0.2) is 47.9 Å². The van der Waals surface area contributed by atoms with Crippen molar-refractivity contribution in [3.8, 4) is 5.75 Å². The summed E-state index contributed by atoms with van der Waals surface area (Å²) in [5, 5.41) is 4.15. The predicted octanol–water partition coefficient (Wildman–Crippen LogP) is 2.27. The molecule has 0 aliphatic heterocycles. The second kappa shape index (κ2) is 8.19. The van der Waals surface area contributed by atoms with Gasteiger partial charge >= 0.3 is 0 Å². The highest BCUT2D eigenvalue weighted by molar-refractivity contribution is 7.92. The van der Waals surface area contributed by atoms with Crippen LogP contribution in [0, 0.1) is 11.6 Å². The van der Waals surface area contributed by atoms with Gasteiger partial charge in [0, 0.05) is 49.3 Å². The molecule has 1 saturated carbocycles. The highest BCUT2D eigenvalue weighted by atomic mass is 32.2. The maximum absolute atomic E-state index is 14.8. The summed E-state index contributed by atoms with van der Waals surface area (Å²) in [6, 6.07) is 4.38. The molecule has 3 aromatic rings. The fourth-order valence-electron chi connectivity index (χ4n) is 3.76. The lowest BCUT2D eigenvalue weighted by Gasteiger charge is -2.22. The maximum Gasteiger partial charge on any atom is 0.281 e. The third kappa shape index (κ3) is 3.95. The Bertz CT molecular complexity index is 1190. The lowest BCUT2D eigenvalue weighted by Crippen LogP contribution is -2.38. The molecule has 0 amide bonds. The molecule has 1 fully saturated rings. The van der Waals surface area contributed by atoms with Gasteiger partial charge < -0.3 is 4.74 Å². The van der Waals surface area contributed by atoms with Crippen molar-refractivity contribution in [1.82, 2.24) is 19.7 Å². The smallest absolute Gasteiger partial charge is 0.281 e. The number of nitrogens with zero attached hydrogens (tertiary/aromatic N) is 5. The minimum Gasteiger partial charge on any atom is -0.487 e. The number of hydrogen-bond acceptors (Lipinski definition) is 7. The lowest BCUT2D eigenvalue weighted by atomic mass is 10.0. The first-order valence-corrected chi connectivity index (χ1v) is 10.9. The molecule has 0 radical (unpaired) electrons. The minimum atomic E-state index is -4.60. The molecule has 9 nitrogen and oxygen atoms in total. The Hall–Kier alpha value is -3.12. The average Bonchev–Trinajstić information content (AvgIpc) is 3.38. The number of nitrogens with two attached hydrogens (primary N) is 1. The zero-order valence-corrected chi connectivity index (χ0v) is 17.3. The highest BCUT2D eigenvalue weighted by Gasteiger charge is 2.34. The zero-order valence-electron chi connectivity index (χ0n) is 16.5. The van der Waals surface area contributed by atoms with Gasteiger partial charge in [0.2, 0.25) is 0 Å². The Morgan fingerprint density at radius 2 is 2.00 bits per heavy atom. The zero-order chi connectivity index (χ0) is 22.2. The summed E-state index contributed by atoms with van der Waals surface area (Å²) < 4.78 is 62.7. The van der Waals surface area contributed by atoms with Gasteiger partial charge in [-0.2, -0.15) is 17.9 Å². The number of halogens is 2. The van der Waals surface area contributed by atoms with Crippen LogP contribution in [0.4, 0.5) is 14.6 Å². The molecular weight excluding hydrogens is 430 g/mol. The van der Waals surface area contributed by atoms with Crippen LogP contribution in [0.25, 0.3) is 0 Å². The van der Waals surface area contributed by atoms with Crippen molar-refractivity contribution in [1.29, 1.82) is 0 Å². The summed E-state index contributed by atoms with van der Waals surface area (Å²) >= 11 is 0. The predicted molar refractivity (Wildman–Crippen MR) is 106 cm³/mol. The molecule has 0 spiro atoms. The van der Waals surface area contributed by atoms with Crippen LogP contribution in [0.3, 0.4) is 0 Å². The van der Waals surface area contributed by atoms with Crippen molar-refractivity contribution in [2.45, 2.75) is 36.2 Å². The molecular formula is C19H20F2N6O3S. The standard InChI is InChI=1S/C19H20F2N6O3S/c1-26-15(5-8-25-26)12-3-2-4-16(12)30-17-9-14(21)18(10-13(17)20)31(28,29)27(22)19-6-7-23-11-24-19/h5-12,16H,2-4,22H2,1H3. The van der Waals surface area contributed by atoms with Gasteiger partial charge in [0.15, 0.2) is 17.4 Å². The van der Waals surface area contributed by atoms with Gasteiger partial charge in [-0.1, -0.05) is 0 Å². The second-order valence-corrected chi connectivity index (χ2v) is 8.94. The van der Waals surface area contributed by atoms with Gasteiger partial charge in [-0.15, -0.1) is 0 Å². The Morgan fingerprint density at radius 3 is 2.68 bits per heavy atom. The molecule has 2 aromatic heterocycles.